The van der Waals surface area contributed by atoms with Crippen LogP contribution in [-0.2, 0) is 5.41 Å². The van der Waals surface area contributed by atoms with E-state index in [0.717, 1.165) is 0 Å². The number of hydrogen-bond acceptors (Lipinski definition) is 4. The molecular weight excluding hydrogens is 272 g/mol. The summed E-state index contributed by atoms with van der Waals surface area (Å²) in [6, 6.07) is 6.75. The van der Waals surface area contributed by atoms with Crippen LogP contribution in [-0.4, -0.2) is 36.2 Å². The molecule has 4 heterocycles. The summed E-state index contributed by atoms with van der Waals surface area (Å²) in [6.45, 7) is 4.87. The van der Waals surface area contributed by atoms with E-state index in [-0.39, 0.29) is 5.41 Å². The normalized spacial score (nSPS) is 37.0. The SMILES string of the molecule is CC1C2N(C)C=CN2c2cccc3c2C1(C)C1N(C)C=CN31. The summed E-state index contributed by atoms with van der Waals surface area (Å²) in [5.41, 5.74) is 4.38. The molecule has 114 valence electrons. The average Bonchev–Trinajstić information content (AvgIpc) is 3.14. The zero-order valence-electron chi connectivity index (χ0n) is 13.6. The minimum Gasteiger partial charge on any atom is -0.358 e. The topological polar surface area (TPSA) is 13.0 Å². The smallest absolute Gasteiger partial charge is 0.115 e. The molecule has 0 radical (unpaired) electrons. The van der Waals surface area contributed by atoms with E-state index in [2.05, 4.69) is 90.5 Å². The quantitative estimate of drug-likeness (QED) is 0.729. The lowest BCUT2D eigenvalue weighted by atomic mass is 9.67. The van der Waals surface area contributed by atoms with Gasteiger partial charge in [0.05, 0.1) is 0 Å². The van der Waals surface area contributed by atoms with E-state index in [0.29, 0.717) is 18.2 Å². The van der Waals surface area contributed by atoms with Crippen molar-refractivity contribution in [3.63, 3.8) is 0 Å². The van der Waals surface area contributed by atoms with Crippen molar-refractivity contribution in [1.29, 1.82) is 0 Å². The molecule has 4 heteroatoms. The van der Waals surface area contributed by atoms with Gasteiger partial charge in [0.2, 0.25) is 0 Å². The van der Waals surface area contributed by atoms with Crippen molar-refractivity contribution in [2.75, 3.05) is 23.9 Å². The maximum atomic E-state index is 2.46. The van der Waals surface area contributed by atoms with Gasteiger partial charge in [0.1, 0.15) is 12.3 Å². The first-order valence-electron chi connectivity index (χ1n) is 8.06. The third kappa shape index (κ3) is 1.11. The van der Waals surface area contributed by atoms with Crippen LogP contribution in [0, 0.1) is 5.92 Å². The van der Waals surface area contributed by atoms with Crippen molar-refractivity contribution in [2.24, 2.45) is 5.92 Å². The fourth-order valence-corrected chi connectivity index (χ4v) is 5.24. The minimum absolute atomic E-state index is 0.117. The van der Waals surface area contributed by atoms with Gasteiger partial charge in [-0.1, -0.05) is 19.9 Å². The number of fused-ring (bicyclic) bond motifs is 5. The van der Waals surface area contributed by atoms with Gasteiger partial charge >= 0.3 is 0 Å². The number of likely N-dealkylation sites (N-methyl/N-ethyl adjacent to an activating group) is 1. The molecule has 0 aliphatic carbocycles. The van der Waals surface area contributed by atoms with E-state index < -0.39 is 0 Å². The van der Waals surface area contributed by atoms with Gasteiger partial charge in [0.25, 0.3) is 0 Å². The molecule has 0 spiro atoms. The zero-order chi connectivity index (χ0) is 15.2. The van der Waals surface area contributed by atoms with Crippen molar-refractivity contribution in [1.82, 2.24) is 9.80 Å². The lowest BCUT2D eigenvalue weighted by Gasteiger charge is -2.51. The molecule has 4 unspecified atom stereocenters. The lowest BCUT2D eigenvalue weighted by molar-refractivity contribution is 0.114. The molecule has 0 fully saturated rings. The largest absolute Gasteiger partial charge is 0.358 e. The highest BCUT2D eigenvalue weighted by Gasteiger charge is 2.60. The Kier molecular flexibility index (Phi) is 2.05. The minimum atomic E-state index is 0.117. The van der Waals surface area contributed by atoms with Crippen molar-refractivity contribution in [2.45, 2.75) is 31.6 Å². The van der Waals surface area contributed by atoms with Crippen LogP contribution in [0.1, 0.15) is 19.4 Å². The predicted molar refractivity (Wildman–Crippen MR) is 89.3 cm³/mol. The Bertz CT molecular complexity index is 724. The summed E-state index contributed by atoms with van der Waals surface area (Å²) in [7, 11) is 4.40. The molecule has 5 rings (SSSR count). The summed E-state index contributed by atoms with van der Waals surface area (Å²) in [4.78, 5) is 9.65. The molecule has 0 aromatic heterocycles. The Morgan fingerprint density at radius 3 is 2.32 bits per heavy atom. The first-order valence-corrected chi connectivity index (χ1v) is 8.06. The molecule has 4 aliphatic heterocycles. The van der Waals surface area contributed by atoms with E-state index in [9.17, 15) is 0 Å². The summed E-state index contributed by atoms with van der Waals surface area (Å²) >= 11 is 0. The standard InChI is InChI=1S/C18H22N4/c1-12-16-19(3)8-10-21(16)13-6-5-7-14-15(13)18(12,2)17-20(4)9-11-22(14)17/h5-12,16-17H,1-4H3. The highest BCUT2D eigenvalue weighted by atomic mass is 15.4. The van der Waals surface area contributed by atoms with Crippen molar-refractivity contribution in [3.8, 4) is 0 Å². The van der Waals surface area contributed by atoms with Gasteiger partial charge in [-0.05, 0) is 12.1 Å². The molecule has 22 heavy (non-hydrogen) atoms. The Labute approximate surface area is 131 Å². The molecule has 1 aromatic carbocycles. The van der Waals surface area contributed by atoms with Gasteiger partial charge in [0, 0.05) is 67.2 Å². The summed E-state index contributed by atoms with van der Waals surface area (Å²) in [5, 5.41) is 0. The Hall–Kier alpha value is -2.10. The summed E-state index contributed by atoms with van der Waals surface area (Å²) in [6.07, 6.45) is 9.68. The van der Waals surface area contributed by atoms with Gasteiger partial charge in [-0.15, -0.1) is 0 Å². The van der Waals surface area contributed by atoms with Crippen LogP contribution in [0.3, 0.4) is 0 Å². The monoisotopic (exact) mass is 294 g/mol. The van der Waals surface area contributed by atoms with Crippen LogP contribution in [0.15, 0.2) is 43.0 Å². The lowest BCUT2D eigenvalue weighted by Crippen LogP contribution is -2.59. The number of anilines is 2. The zero-order valence-corrected chi connectivity index (χ0v) is 13.6. The van der Waals surface area contributed by atoms with Crippen LogP contribution in [0.5, 0.6) is 0 Å². The number of rotatable bonds is 0. The Morgan fingerprint density at radius 2 is 1.55 bits per heavy atom. The highest BCUT2D eigenvalue weighted by molar-refractivity contribution is 5.80. The molecule has 0 saturated heterocycles. The van der Waals surface area contributed by atoms with Crippen molar-refractivity contribution >= 4 is 11.4 Å². The maximum Gasteiger partial charge on any atom is 0.115 e. The Balaban J connectivity index is 1.82. The maximum absolute atomic E-state index is 2.46. The van der Waals surface area contributed by atoms with Crippen LogP contribution in [0.2, 0.25) is 0 Å². The number of hydrogen-bond donors (Lipinski definition) is 0. The van der Waals surface area contributed by atoms with Gasteiger partial charge in [-0.25, -0.2) is 0 Å². The van der Waals surface area contributed by atoms with Gasteiger partial charge in [0.15, 0.2) is 0 Å². The highest BCUT2D eigenvalue weighted by Crippen LogP contribution is 2.60. The van der Waals surface area contributed by atoms with Crippen LogP contribution >= 0.6 is 0 Å². The molecule has 1 aromatic rings. The third-order valence-corrected chi connectivity index (χ3v) is 6.32. The van der Waals surface area contributed by atoms with Crippen molar-refractivity contribution in [3.05, 3.63) is 48.6 Å². The summed E-state index contributed by atoms with van der Waals surface area (Å²) in [5.74, 6) is 0.526. The molecule has 0 N–H and O–H groups in total. The first kappa shape index (κ1) is 12.4. The fraction of sp³-hybridized carbons (Fsp3) is 0.444. The average molecular weight is 294 g/mol. The van der Waals surface area contributed by atoms with Crippen LogP contribution in [0.25, 0.3) is 0 Å². The number of nitrogens with zero attached hydrogens (tertiary/aromatic N) is 4. The van der Waals surface area contributed by atoms with E-state index in [1.165, 1.54) is 16.9 Å². The van der Waals surface area contributed by atoms with E-state index in [4.69, 9.17) is 0 Å². The molecule has 0 amide bonds. The molecule has 4 nitrogen and oxygen atoms in total. The molecule has 0 saturated carbocycles. The Morgan fingerprint density at radius 1 is 0.909 bits per heavy atom. The second kappa shape index (κ2) is 3.62. The molecular formula is C18H22N4. The summed E-state index contributed by atoms with van der Waals surface area (Å²) < 4.78 is 0. The van der Waals surface area contributed by atoms with Crippen LogP contribution < -0.4 is 9.80 Å². The first-order chi connectivity index (χ1) is 10.5. The second-order valence-corrected chi connectivity index (χ2v) is 7.27. The van der Waals surface area contributed by atoms with E-state index in [1.807, 2.05) is 0 Å². The second-order valence-electron chi connectivity index (χ2n) is 7.27. The van der Waals surface area contributed by atoms with Gasteiger partial charge in [-0.2, -0.15) is 0 Å². The van der Waals surface area contributed by atoms with Gasteiger partial charge in [-0.3, -0.25) is 0 Å². The molecule has 4 atom stereocenters. The van der Waals surface area contributed by atoms with Gasteiger partial charge < -0.3 is 19.6 Å². The fourth-order valence-electron chi connectivity index (χ4n) is 5.24. The predicted octanol–water partition coefficient (Wildman–Crippen LogP) is 2.71. The molecule has 0 bridgehead atoms. The third-order valence-electron chi connectivity index (χ3n) is 6.32. The van der Waals surface area contributed by atoms with E-state index >= 15 is 0 Å². The molecule has 4 aliphatic rings. The van der Waals surface area contributed by atoms with Crippen molar-refractivity contribution < 1.29 is 0 Å². The van der Waals surface area contributed by atoms with Crippen LogP contribution in [0.4, 0.5) is 11.4 Å². The van der Waals surface area contributed by atoms with E-state index in [1.54, 1.807) is 0 Å². The number of benzene rings is 1.